The Morgan fingerprint density at radius 2 is 2.10 bits per heavy atom. The van der Waals surface area contributed by atoms with Crippen molar-refractivity contribution >= 4 is 12.0 Å². The molecule has 1 aromatic rings. The molecule has 0 saturated heterocycles. The normalized spacial score (nSPS) is 17.1. The maximum atomic E-state index is 12.2. The number of ether oxygens (including phenoxy) is 2. The minimum absolute atomic E-state index is 0.108. The lowest BCUT2D eigenvalue weighted by Crippen LogP contribution is -2.17. The molecule has 3 nitrogen and oxygen atoms in total. The first-order valence-electron chi connectivity index (χ1n) is 7.38. The highest BCUT2D eigenvalue weighted by Crippen LogP contribution is 2.31. The van der Waals surface area contributed by atoms with E-state index in [0.29, 0.717) is 12.2 Å². The highest BCUT2D eigenvalue weighted by Gasteiger charge is 2.19. The molecule has 21 heavy (non-hydrogen) atoms. The van der Waals surface area contributed by atoms with E-state index in [1.54, 1.807) is 0 Å². The summed E-state index contributed by atoms with van der Waals surface area (Å²) in [6.45, 7) is 6.47. The van der Waals surface area contributed by atoms with Crippen LogP contribution in [0.15, 0.2) is 42.0 Å². The number of carbonyl (C=O) groups excluding carboxylic acids is 1. The van der Waals surface area contributed by atoms with Gasteiger partial charge in [-0.25, -0.2) is 4.79 Å². The predicted molar refractivity (Wildman–Crippen MR) is 84.0 cm³/mol. The van der Waals surface area contributed by atoms with Crippen LogP contribution in [0.25, 0.3) is 6.08 Å². The zero-order valence-electron chi connectivity index (χ0n) is 12.8. The molecule has 0 N–H and O–H groups in total. The Kier molecular flexibility index (Phi) is 5.34. The van der Waals surface area contributed by atoms with Crippen molar-refractivity contribution in [3.63, 3.8) is 0 Å². The van der Waals surface area contributed by atoms with Gasteiger partial charge in [0.25, 0.3) is 0 Å². The minimum Gasteiger partial charge on any atom is -0.460 e. The molecular weight excluding hydrogens is 264 g/mol. The summed E-state index contributed by atoms with van der Waals surface area (Å²) in [5.74, 6) is -0.187. The van der Waals surface area contributed by atoms with Crippen LogP contribution in [-0.4, -0.2) is 25.3 Å². The van der Waals surface area contributed by atoms with Gasteiger partial charge in [0.1, 0.15) is 0 Å². The quantitative estimate of drug-likeness (QED) is 0.590. The molecule has 1 unspecified atom stereocenters. The van der Waals surface area contributed by atoms with E-state index in [2.05, 4.69) is 24.3 Å². The summed E-state index contributed by atoms with van der Waals surface area (Å²) in [6, 6.07) is 8.20. The SMILES string of the molecule is CCOCC(=CC1C=Cc2ccccc21)C(=O)OC(C)C. The lowest BCUT2D eigenvalue weighted by Gasteiger charge is -2.13. The number of esters is 1. The van der Waals surface area contributed by atoms with Crippen molar-refractivity contribution in [1.29, 1.82) is 0 Å². The van der Waals surface area contributed by atoms with Crippen LogP contribution in [0, 0.1) is 0 Å². The van der Waals surface area contributed by atoms with E-state index in [9.17, 15) is 4.79 Å². The highest BCUT2D eigenvalue weighted by atomic mass is 16.5. The molecule has 112 valence electrons. The Balaban J connectivity index is 2.21. The first kappa shape index (κ1) is 15.5. The number of rotatable bonds is 6. The van der Waals surface area contributed by atoms with Crippen LogP contribution in [0.4, 0.5) is 0 Å². The van der Waals surface area contributed by atoms with Crippen LogP contribution in [0.2, 0.25) is 0 Å². The van der Waals surface area contributed by atoms with Crippen LogP contribution < -0.4 is 0 Å². The average molecular weight is 286 g/mol. The Morgan fingerprint density at radius 3 is 2.81 bits per heavy atom. The topological polar surface area (TPSA) is 35.5 Å². The van der Waals surface area contributed by atoms with Gasteiger partial charge in [-0.2, -0.15) is 0 Å². The lowest BCUT2D eigenvalue weighted by molar-refractivity contribution is -0.143. The first-order valence-corrected chi connectivity index (χ1v) is 7.38. The summed E-state index contributed by atoms with van der Waals surface area (Å²) < 4.78 is 10.7. The number of benzene rings is 1. The van der Waals surface area contributed by atoms with Crippen LogP contribution in [-0.2, 0) is 14.3 Å². The Hall–Kier alpha value is -1.87. The van der Waals surface area contributed by atoms with Gasteiger partial charge in [-0.3, -0.25) is 0 Å². The van der Waals surface area contributed by atoms with Gasteiger partial charge in [0.15, 0.2) is 0 Å². The molecule has 0 fully saturated rings. The molecule has 1 aliphatic carbocycles. The summed E-state index contributed by atoms with van der Waals surface area (Å²) in [5, 5.41) is 0. The van der Waals surface area contributed by atoms with Crippen molar-refractivity contribution in [3.8, 4) is 0 Å². The molecule has 1 aliphatic rings. The summed E-state index contributed by atoms with van der Waals surface area (Å²) in [6.07, 6.45) is 6.00. The van der Waals surface area contributed by atoms with Crippen LogP contribution in [0.3, 0.4) is 0 Å². The van der Waals surface area contributed by atoms with Crippen LogP contribution in [0.5, 0.6) is 0 Å². The van der Waals surface area contributed by atoms with Gasteiger partial charge in [-0.15, -0.1) is 0 Å². The molecule has 0 amide bonds. The molecule has 0 aromatic heterocycles. The second-order valence-electron chi connectivity index (χ2n) is 5.30. The fourth-order valence-corrected chi connectivity index (χ4v) is 2.32. The maximum absolute atomic E-state index is 12.2. The van der Waals surface area contributed by atoms with Gasteiger partial charge in [0, 0.05) is 12.5 Å². The van der Waals surface area contributed by atoms with Gasteiger partial charge in [-0.1, -0.05) is 42.5 Å². The van der Waals surface area contributed by atoms with Gasteiger partial charge >= 0.3 is 5.97 Å². The zero-order valence-corrected chi connectivity index (χ0v) is 12.8. The van der Waals surface area contributed by atoms with Crippen LogP contribution >= 0.6 is 0 Å². The number of carbonyl (C=O) groups is 1. The molecule has 0 radical (unpaired) electrons. The number of hydrogen-bond donors (Lipinski definition) is 0. The van der Waals surface area contributed by atoms with E-state index in [0.717, 1.165) is 0 Å². The monoisotopic (exact) mass is 286 g/mol. The van der Waals surface area contributed by atoms with Crippen molar-refractivity contribution in [3.05, 3.63) is 53.1 Å². The number of hydrogen-bond acceptors (Lipinski definition) is 3. The minimum atomic E-state index is -0.295. The van der Waals surface area contributed by atoms with Crippen LogP contribution in [0.1, 0.15) is 37.8 Å². The fourth-order valence-electron chi connectivity index (χ4n) is 2.32. The van der Waals surface area contributed by atoms with Crippen molar-refractivity contribution in [2.45, 2.75) is 32.8 Å². The zero-order chi connectivity index (χ0) is 15.2. The van der Waals surface area contributed by atoms with E-state index in [1.807, 2.05) is 39.0 Å². The summed E-state index contributed by atoms with van der Waals surface area (Å²) >= 11 is 0. The third kappa shape index (κ3) is 4.05. The van der Waals surface area contributed by atoms with Crippen molar-refractivity contribution in [1.82, 2.24) is 0 Å². The molecule has 0 heterocycles. The second-order valence-corrected chi connectivity index (χ2v) is 5.30. The molecule has 2 rings (SSSR count). The Morgan fingerprint density at radius 1 is 1.33 bits per heavy atom. The largest absolute Gasteiger partial charge is 0.460 e. The van der Waals surface area contributed by atoms with Gasteiger partial charge in [0.05, 0.1) is 18.3 Å². The first-order chi connectivity index (χ1) is 10.1. The van der Waals surface area contributed by atoms with Gasteiger partial charge < -0.3 is 9.47 Å². The molecule has 1 atom stereocenters. The Labute approximate surface area is 126 Å². The van der Waals surface area contributed by atoms with Crippen molar-refractivity contribution in [2.24, 2.45) is 0 Å². The molecule has 0 saturated carbocycles. The number of fused-ring (bicyclic) bond motifs is 1. The van der Waals surface area contributed by atoms with E-state index < -0.39 is 0 Å². The van der Waals surface area contributed by atoms with Gasteiger partial charge in [-0.05, 0) is 31.9 Å². The maximum Gasteiger partial charge on any atom is 0.336 e. The predicted octanol–water partition coefficient (Wildman–Crippen LogP) is 3.71. The summed E-state index contributed by atoms with van der Waals surface area (Å²) in [4.78, 5) is 12.2. The van der Waals surface area contributed by atoms with E-state index >= 15 is 0 Å². The second kappa shape index (κ2) is 7.23. The van der Waals surface area contributed by atoms with Gasteiger partial charge in [0.2, 0.25) is 0 Å². The standard InChI is InChI=1S/C18H22O3/c1-4-20-12-16(18(19)21-13(2)3)11-15-10-9-14-7-5-6-8-17(14)15/h5-11,13,15H,4,12H2,1-3H3. The highest BCUT2D eigenvalue weighted by molar-refractivity contribution is 5.89. The lowest BCUT2D eigenvalue weighted by atomic mass is 9.98. The van der Waals surface area contributed by atoms with E-state index in [-0.39, 0.29) is 24.6 Å². The summed E-state index contributed by atoms with van der Waals surface area (Å²) in [7, 11) is 0. The molecule has 0 bridgehead atoms. The third-order valence-electron chi connectivity index (χ3n) is 3.29. The summed E-state index contributed by atoms with van der Waals surface area (Å²) in [5.41, 5.74) is 2.99. The molecule has 0 spiro atoms. The third-order valence-corrected chi connectivity index (χ3v) is 3.29. The smallest absolute Gasteiger partial charge is 0.336 e. The average Bonchev–Trinajstić information content (AvgIpc) is 2.86. The van der Waals surface area contributed by atoms with E-state index in [4.69, 9.17) is 9.47 Å². The fraction of sp³-hybridized carbons (Fsp3) is 0.389. The van der Waals surface area contributed by atoms with Crippen molar-refractivity contribution in [2.75, 3.05) is 13.2 Å². The Bertz CT molecular complexity index is 555. The molecule has 1 aromatic carbocycles. The molecule has 0 aliphatic heterocycles. The molecule has 3 heteroatoms. The van der Waals surface area contributed by atoms with Crippen molar-refractivity contribution < 1.29 is 14.3 Å². The van der Waals surface area contributed by atoms with E-state index in [1.165, 1.54) is 11.1 Å². The molecular formula is C18H22O3. The number of allylic oxidation sites excluding steroid dienone is 2.